The Bertz CT molecular complexity index is 1130. The predicted molar refractivity (Wildman–Crippen MR) is 197 cm³/mol. The van der Waals surface area contributed by atoms with Crippen molar-refractivity contribution in [2.24, 2.45) is 29.2 Å². The molecule has 8 atom stereocenters. The summed E-state index contributed by atoms with van der Waals surface area (Å²) in [5.41, 5.74) is 11.3. The summed E-state index contributed by atoms with van der Waals surface area (Å²) in [6, 6.07) is -4.91. The average molecular weight is 742 g/mol. The van der Waals surface area contributed by atoms with Crippen LogP contribution in [0.3, 0.4) is 0 Å². The minimum atomic E-state index is -1.46. The molecule has 0 aromatic rings. The molecule has 1 saturated heterocycles. The maximum absolute atomic E-state index is 14.2. The van der Waals surface area contributed by atoms with Crippen LogP contribution in [0.15, 0.2) is 0 Å². The van der Waals surface area contributed by atoms with Crippen LogP contribution in [0.4, 0.5) is 4.39 Å². The van der Waals surface area contributed by atoms with Crippen LogP contribution in [0.25, 0.3) is 0 Å². The summed E-state index contributed by atoms with van der Waals surface area (Å²) < 4.78 is 25.6. The number of nitrogens with one attached hydrogen (secondary N) is 4. The van der Waals surface area contributed by atoms with Crippen molar-refractivity contribution in [3.63, 3.8) is 0 Å². The van der Waals surface area contributed by atoms with Crippen molar-refractivity contribution in [3.8, 4) is 0 Å². The van der Waals surface area contributed by atoms with Gasteiger partial charge in [-0.1, -0.05) is 72.6 Å². The zero-order valence-electron chi connectivity index (χ0n) is 32.4. The quantitative estimate of drug-likeness (QED) is 0.143. The molecule has 2 fully saturated rings. The lowest BCUT2D eigenvalue weighted by molar-refractivity contribution is -0.147. The van der Waals surface area contributed by atoms with E-state index in [0.717, 1.165) is 44.9 Å². The first kappa shape index (κ1) is 45.3. The molecule has 14 nitrogen and oxygen atoms in total. The SMILES string of the molecule is CCCCCC[C@H]1OC[C@@H](C)NC(=O)[C@H](COCC(F)CN)NC(=O)[C@H](CN)NC(=O)[C@H](C2CCCCC2)NC(=O)[C@H](CC(C)C)N(C)C(=O)[C@@H]1C. The Morgan fingerprint density at radius 1 is 0.885 bits per heavy atom. The molecule has 8 N–H and O–H groups in total. The second-order valence-corrected chi connectivity index (χ2v) is 15.1. The van der Waals surface area contributed by atoms with Crippen molar-refractivity contribution < 1.29 is 37.8 Å². The lowest BCUT2D eigenvalue weighted by Gasteiger charge is -2.36. The molecular formula is C37H68FN7O7. The van der Waals surface area contributed by atoms with E-state index in [1.54, 1.807) is 20.9 Å². The lowest BCUT2D eigenvalue weighted by Crippen LogP contribution is -2.62. The van der Waals surface area contributed by atoms with Gasteiger partial charge in [-0.2, -0.15) is 0 Å². The Balaban J connectivity index is 2.54. The third kappa shape index (κ3) is 14.9. The zero-order chi connectivity index (χ0) is 38.8. The first-order chi connectivity index (χ1) is 24.7. The van der Waals surface area contributed by atoms with E-state index < -0.39 is 72.0 Å². The van der Waals surface area contributed by atoms with Crippen LogP contribution in [0, 0.1) is 17.8 Å². The second-order valence-electron chi connectivity index (χ2n) is 15.1. The number of amides is 5. The van der Waals surface area contributed by atoms with Crippen LogP contribution >= 0.6 is 0 Å². The number of hydrogen-bond donors (Lipinski definition) is 6. The van der Waals surface area contributed by atoms with E-state index in [-0.39, 0.29) is 50.7 Å². The van der Waals surface area contributed by atoms with E-state index in [1.807, 2.05) is 13.8 Å². The third-order valence-electron chi connectivity index (χ3n) is 10.1. The van der Waals surface area contributed by atoms with Crippen molar-refractivity contribution in [2.45, 2.75) is 148 Å². The number of hydrogen-bond acceptors (Lipinski definition) is 9. The van der Waals surface area contributed by atoms with E-state index in [2.05, 4.69) is 28.2 Å². The van der Waals surface area contributed by atoms with Gasteiger partial charge in [0.1, 0.15) is 30.3 Å². The topological polar surface area (TPSA) is 207 Å². The van der Waals surface area contributed by atoms with Gasteiger partial charge < -0.3 is 47.1 Å². The highest BCUT2D eigenvalue weighted by Crippen LogP contribution is 2.28. The number of nitrogens with two attached hydrogens (primary N) is 2. The molecule has 1 aliphatic carbocycles. The summed E-state index contributed by atoms with van der Waals surface area (Å²) in [6.07, 6.45) is 7.08. The van der Waals surface area contributed by atoms with Gasteiger partial charge in [-0.3, -0.25) is 24.0 Å². The van der Waals surface area contributed by atoms with E-state index >= 15 is 0 Å². The van der Waals surface area contributed by atoms with Gasteiger partial charge in [0, 0.05) is 26.2 Å². The lowest BCUT2D eigenvalue weighted by atomic mass is 9.83. The number of carbonyl (C=O) groups excluding carboxylic acids is 5. The predicted octanol–water partition coefficient (Wildman–Crippen LogP) is 1.68. The third-order valence-corrected chi connectivity index (χ3v) is 10.1. The van der Waals surface area contributed by atoms with Gasteiger partial charge in [-0.25, -0.2) is 4.39 Å². The summed E-state index contributed by atoms with van der Waals surface area (Å²) in [5, 5.41) is 11.1. The van der Waals surface area contributed by atoms with Crippen LogP contribution in [0.2, 0.25) is 0 Å². The molecule has 0 aromatic carbocycles. The number of nitrogens with zero attached hydrogens (tertiary/aromatic N) is 1. The minimum absolute atomic E-state index is 0.0590. The number of carbonyl (C=O) groups is 5. The van der Waals surface area contributed by atoms with Gasteiger partial charge in [0.05, 0.1) is 31.8 Å². The highest BCUT2D eigenvalue weighted by molar-refractivity contribution is 5.96. The summed E-state index contributed by atoms with van der Waals surface area (Å²) in [7, 11) is 1.62. The maximum atomic E-state index is 14.2. The van der Waals surface area contributed by atoms with Gasteiger partial charge in [0.15, 0.2) is 0 Å². The molecule has 2 rings (SSSR count). The van der Waals surface area contributed by atoms with Crippen molar-refractivity contribution in [3.05, 3.63) is 0 Å². The summed E-state index contributed by atoms with van der Waals surface area (Å²) >= 11 is 0. The molecule has 1 heterocycles. The normalized spacial score (nSPS) is 29.0. The van der Waals surface area contributed by atoms with E-state index in [1.165, 1.54) is 4.90 Å². The van der Waals surface area contributed by atoms with Crippen LogP contribution in [0.5, 0.6) is 0 Å². The van der Waals surface area contributed by atoms with Gasteiger partial charge in [-0.05, 0) is 44.4 Å². The largest absolute Gasteiger partial charge is 0.376 e. The summed E-state index contributed by atoms with van der Waals surface area (Å²) in [6.45, 7) is 8.34. The maximum Gasteiger partial charge on any atom is 0.245 e. The fourth-order valence-corrected chi connectivity index (χ4v) is 6.87. The van der Waals surface area contributed by atoms with Crippen molar-refractivity contribution in [2.75, 3.05) is 40.0 Å². The van der Waals surface area contributed by atoms with Gasteiger partial charge in [0.25, 0.3) is 0 Å². The summed E-state index contributed by atoms with van der Waals surface area (Å²) in [4.78, 5) is 70.8. The molecule has 1 aliphatic heterocycles. The molecule has 5 amide bonds. The Labute approximate surface area is 310 Å². The average Bonchev–Trinajstić information content (AvgIpc) is 3.12. The number of alkyl halides is 1. The highest BCUT2D eigenvalue weighted by atomic mass is 19.1. The Kier molecular flexibility index (Phi) is 20.6. The Morgan fingerprint density at radius 3 is 2.15 bits per heavy atom. The molecule has 0 aromatic heterocycles. The first-order valence-corrected chi connectivity index (χ1v) is 19.4. The summed E-state index contributed by atoms with van der Waals surface area (Å²) in [5.74, 6) is -3.38. The van der Waals surface area contributed by atoms with E-state index in [0.29, 0.717) is 25.7 Å². The van der Waals surface area contributed by atoms with Crippen LogP contribution in [-0.4, -0.2) is 117 Å². The smallest absolute Gasteiger partial charge is 0.245 e. The van der Waals surface area contributed by atoms with Gasteiger partial charge in [-0.15, -0.1) is 0 Å². The standard InChI is InChI=1S/C37H68FN7O7/c1-7-8-9-13-16-31-25(5)37(50)45(6)30(17-23(2)3)35(48)44-32(26-14-11-10-12-15-26)36(49)42-28(19-40)33(46)43-29(22-51-21-27(38)18-39)34(47)41-24(4)20-52-31/h23-32H,7-22,39-40H2,1-6H3,(H,41,47)(H,42,49)(H,43,46)(H,44,48)/t24-,25-,27?,28+,29+,30+,31-,32+/m1/s1. The van der Waals surface area contributed by atoms with Gasteiger partial charge in [0.2, 0.25) is 29.5 Å². The molecule has 0 spiro atoms. The van der Waals surface area contributed by atoms with Crippen LogP contribution in [0.1, 0.15) is 105 Å². The van der Waals surface area contributed by atoms with Crippen molar-refractivity contribution >= 4 is 29.5 Å². The molecule has 1 saturated carbocycles. The van der Waals surface area contributed by atoms with Crippen LogP contribution < -0.4 is 32.7 Å². The minimum Gasteiger partial charge on any atom is -0.376 e. The fourth-order valence-electron chi connectivity index (χ4n) is 6.87. The molecule has 15 heteroatoms. The second kappa shape index (κ2) is 23.7. The van der Waals surface area contributed by atoms with E-state index in [4.69, 9.17) is 20.9 Å². The molecular weight excluding hydrogens is 673 g/mol. The van der Waals surface area contributed by atoms with Crippen molar-refractivity contribution in [1.82, 2.24) is 26.2 Å². The number of likely N-dealkylation sites (N-methyl/N-ethyl adjacent to an activating group) is 1. The number of rotatable bonds is 14. The number of ether oxygens (including phenoxy) is 2. The highest BCUT2D eigenvalue weighted by Gasteiger charge is 2.39. The first-order valence-electron chi connectivity index (χ1n) is 19.4. The Morgan fingerprint density at radius 2 is 1.54 bits per heavy atom. The molecule has 0 radical (unpaired) electrons. The molecule has 300 valence electrons. The van der Waals surface area contributed by atoms with Crippen LogP contribution in [-0.2, 0) is 33.4 Å². The zero-order valence-corrected chi connectivity index (χ0v) is 32.4. The monoisotopic (exact) mass is 742 g/mol. The fraction of sp³-hybridized carbons (Fsp3) is 0.865. The Hall–Kier alpha value is -2.88. The van der Waals surface area contributed by atoms with Gasteiger partial charge >= 0.3 is 0 Å². The molecule has 2 aliphatic rings. The molecule has 52 heavy (non-hydrogen) atoms. The number of unbranched alkanes of at least 4 members (excludes halogenated alkanes) is 3. The molecule has 1 unspecified atom stereocenters. The van der Waals surface area contributed by atoms with Crippen molar-refractivity contribution in [1.29, 1.82) is 0 Å². The van der Waals surface area contributed by atoms with E-state index in [9.17, 15) is 28.4 Å². The number of halogens is 1. The molecule has 0 bridgehead atoms.